The summed E-state index contributed by atoms with van der Waals surface area (Å²) < 4.78 is 11.2. The maximum atomic E-state index is 11.8. The monoisotopic (exact) mass is 321 g/mol. The van der Waals surface area contributed by atoms with Crippen molar-refractivity contribution in [1.82, 2.24) is 5.32 Å². The van der Waals surface area contributed by atoms with Gasteiger partial charge in [0.1, 0.15) is 0 Å². The number of carbonyl (C=O) groups is 1. The van der Waals surface area contributed by atoms with Crippen molar-refractivity contribution in [2.24, 2.45) is 5.92 Å². The molecular formula is C19H31NO3. The molecule has 0 spiro atoms. The molecule has 0 saturated carbocycles. The molecule has 1 aromatic carbocycles. The second kappa shape index (κ2) is 10.9. The van der Waals surface area contributed by atoms with Gasteiger partial charge in [0, 0.05) is 13.0 Å². The molecule has 23 heavy (non-hydrogen) atoms. The Morgan fingerprint density at radius 2 is 2.00 bits per heavy atom. The van der Waals surface area contributed by atoms with Crippen molar-refractivity contribution < 1.29 is 14.3 Å². The minimum atomic E-state index is 0.106. The number of unbranched alkanes of at least 4 members (excludes halogenated alkanes) is 2. The summed E-state index contributed by atoms with van der Waals surface area (Å²) in [5.41, 5.74) is 1.02. The molecule has 1 rings (SSSR count). The molecule has 0 aliphatic carbocycles. The molecule has 1 N–H and O–H groups in total. The van der Waals surface area contributed by atoms with E-state index < -0.39 is 0 Å². The van der Waals surface area contributed by atoms with E-state index in [9.17, 15) is 4.79 Å². The molecule has 0 unspecified atom stereocenters. The number of hydrogen-bond acceptors (Lipinski definition) is 3. The van der Waals surface area contributed by atoms with Gasteiger partial charge in [0.05, 0.1) is 13.7 Å². The van der Waals surface area contributed by atoms with E-state index in [2.05, 4.69) is 26.1 Å². The topological polar surface area (TPSA) is 47.6 Å². The van der Waals surface area contributed by atoms with E-state index in [0.717, 1.165) is 37.0 Å². The lowest BCUT2D eigenvalue weighted by molar-refractivity contribution is -0.121. The van der Waals surface area contributed by atoms with Crippen molar-refractivity contribution in [3.05, 3.63) is 23.8 Å². The third-order valence-corrected chi connectivity index (χ3v) is 3.68. The van der Waals surface area contributed by atoms with Crippen LogP contribution in [0.5, 0.6) is 11.5 Å². The molecule has 4 nitrogen and oxygen atoms in total. The van der Waals surface area contributed by atoms with Gasteiger partial charge in [-0.1, -0.05) is 39.7 Å². The highest BCUT2D eigenvalue weighted by atomic mass is 16.5. The summed E-state index contributed by atoms with van der Waals surface area (Å²) in [5.74, 6) is 2.19. The van der Waals surface area contributed by atoms with E-state index in [-0.39, 0.29) is 5.91 Å². The molecule has 0 heterocycles. The Morgan fingerprint density at radius 3 is 2.65 bits per heavy atom. The van der Waals surface area contributed by atoms with Crippen LogP contribution in [0.3, 0.4) is 0 Å². The Balaban J connectivity index is 2.49. The van der Waals surface area contributed by atoms with Gasteiger partial charge in [-0.05, 0) is 36.5 Å². The number of methoxy groups -OCH3 is 1. The standard InChI is InChI=1S/C19H31NO3/c1-5-6-7-8-19(21)20-14-16-9-10-17(18(13-16)22-4)23-12-11-15(2)3/h9-10,13,15H,5-8,11-12,14H2,1-4H3,(H,20,21). The summed E-state index contributed by atoms with van der Waals surface area (Å²) in [7, 11) is 1.64. The lowest BCUT2D eigenvalue weighted by Crippen LogP contribution is -2.22. The SMILES string of the molecule is CCCCCC(=O)NCc1ccc(OCCC(C)C)c(OC)c1. The van der Waals surface area contributed by atoms with Gasteiger partial charge < -0.3 is 14.8 Å². The first kappa shape index (κ1) is 19.3. The van der Waals surface area contributed by atoms with Gasteiger partial charge in [0.15, 0.2) is 11.5 Å². The summed E-state index contributed by atoms with van der Waals surface area (Å²) in [4.78, 5) is 11.8. The van der Waals surface area contributed by atoms with Gasteiger partial charge in [0.2, 0.25) is 5.91 Å². The van der Waals surface area contributed by atoms with Crippen molar-refractivity contribution in [2.75, 3.05) is 13.7 Å². The molecule has 0 aliphatic heterocycles. The number of benzene rings is 1. The van der Waals surface area contributed by atoms with Crippen LogP contribution in [0.1, 0.15) is 58.4 Å². The number of carbonyl (C=O) groups excluding carboxylic acids is 1. The van der Waals surface area contributed by atoms with E-state index in [1.807, 2.05) is 18.2 Å². The molecule has 0 saturated heterocycles. The van der Waals surface area contributed by atoms with Crippen LogP contribution in [0, 0.1) is 5.92 Å². The Hall–Kier alpha value is -1.71. The molecule has 1 amide bonds. The van der Waals surface area contributed by atoms with Crippen LogP contribution in [0.25, 0.3) is 0 Å². The first-order valence-corrected chi connectivity index (χ1v) is 8.63. The summed E-state index contributed by atoms with van der Waals surface area (Å²) >= 11 is 0. The fourth-order valence-electron chi connectivity index (χ4n) is 2.17. The molecule has 0 aromatic heterocycles. The van der Waals surface area contributed by atoms with Crippen molar-refractivity contribution in [3.8, 4) is 11.5 Å². The minimum Gasteiger partial charge on any atom is -0.493 e. The van der Waals surface area contributed by atoms with Crippen LogP contribution < -0.4 is 14.8 Å². The first-order valence-electron chi connectivity index (χ1n) is 8.63. The lowest BCUT2D eigenvalue weighted by Gasteiger charge is -2.13. The average Bonchev–Trinajstić information content (AvgIpc) is 2.53. The van der Waals surface area contributed by atoms with Crippen molar-refractivity contribution in [1.29, 1.82) is 0 Å². The van der Waals surface area contributed by atoms with E-state index in [1.54, 1.807) is 7.11 Å². The molecule has 0 bridgehead atoms. The highest BCUT2D eigenvalue weighted by Crippen LogP contribution is 2.28. The third kappa shape index (κ3) is 7.91. The first-order chi connectivity index (χ1) is 11.1. The van der Waals surface area contributed by atoms with E-state index >= 15 is 0 Å². The largest absolute Gasteiger partial charge is 0.493 e. The molecule has 1 aromatic rings. The second-order valence-electron chi connectivity index (χ2n) is 6.25. The molecular weight excluding hydrogens is 290 g/mol. The number of nitrogens with one attached hydrogen (secondary N) is 1. The highest BCUT2D eigenvalue weighted by molar-refractivity contribution is 5.75. The normalized spacial score (nSPS) is 10.7. The Bertz CT molecular complexity index is 472. The number of amides is 1. The van der Waals surface area contributed by atoms with Crippen LogP contribution in [-0.4, -0.2) is 19.6 Å². The number of rotatable bonds is 11. The molecule has 0 atom stereocenters. The molecule has 4 heteroatoms. The van der Waals surface area contributed by atoms with Crippen molar-refractivity contribution in [2.45, 2.75) is 59.4 Å². The quantitative estimate of drug-likeness (QED) is 0.618. The zero-order valence-electron chi connectivity index (χ0n) is 15.0. The van der Waals surface area contributed by atoms with Crippen molar-refractivity contribution >= 4 is 5.91 Å². The van der Waals surface area contributed by atoms with E-state index in [0.29, 0.717) is 31.2 Å². The molecule has 130 valence electrons. The van der Waals surface area contributed by atoms with Gasteiger partial charge >= 0.3 is 0 Å². The zero-order valence-corrected chi connectivity index (χ0v) is 15.0. The van der Waals surface area contributed by atoms with Gasteiger partial charge in [-0.25, -0.2) is 0 Å². The Kier molecular flexibility index (Phi) is 9.18. The maximum absolute atomic E-state index is 11.8. The lowest BCUT2D eigenvalue weighted by atomic mass is 10.1. The fourth-order valence-corrected chi connectivity index (χ4v) is 2.17. The molecule has 0 radical (unpaired) electrons. The van der Waals surface area contributed by atoms with Crippen LogP contribution in [0.15, 0.2) is 18.2 Å². The fraction of sp³-hybridized carbons (Fsp3) is 0.632. The predicted molar refractivity (Wildman–Crippen MR) is 93.9 cm³/mol. The van der Waals surface area contributed by atoms with Gasteiger partial charge in [-0.15, -0.1) is 0 Å². The van der Waals surface area contributed by atoms with Crippen LogP contribution in [-0.2, 0) is 11.3 Å². The summed E-state index contributed by atoms with van der Waals surface area (Å²) in [6.07, 6.45) is 4.79. The third-order valence-electron chi connectivity index (χ3n) is 3.68. The molecule has 0 aliphatic rings. The second-order valence-corrected chi connectivity index (χ2v) is 6.25. The predicted octanol–water partition coefficient (Wildman–Crippen LogP) is 4.32. The Labute approximate surface area is 140 Å². The summed E-state index contributed by atoms with van der Waals surface area (Å²) in [6.45, 7) is 7.68. The summed E-state index contributed by atoms with van der Waals surface area (Å²) in [6, 6.07) is 5.81. The summed E-state index contributed by atoms with van der Waals surface area (Å²) in [5, 5.41) is 2.95. The number of hydrogen-bond donors (Lipinski definition) is 1. The van der Waals surface area contributed by atoms with E-state index in [1.165, 1.54) is 0 Å². The number of ether oxygens (including phenoxy) is 2. The van der Waals surface area contributed by atoms with Crippen LogP contribution in [0.4, 0.5) is 0 Å². The van der Waals surface area contributed by atoms with Gasteiger partial charge in [0.25, 0.3) is 0 Å². The highest BCUT2D eigenvalue weighted by Gasteiger charge is 2.07. The van der Waals surface area contributed by atoms with Crippen LogP contribution >= 0.6 is 0 Å². The zero-order chi connectivity index (χ0) is 17.1. The van der Waals surface area contributed by atoms with Crippen molar-refractivity contribution in [3.63, 3.8) is 0 Å². The van der Waals surface area contributed by atoms with E-state index in [4.69, 9.17) is 9.47 Å². The minimum absolute atomic E-state index is 0.106. The van der Waals surface area contributed by atoms with Crippen LogP contribution in [0.2, 0.25) is 0 Å². The van der Waals surface area contributed by atoms with Gasteiger partial charge in [-0.3, -0.25) is 4.79 Å². The Morgan fingerprint density at radius 1 is 1.22 bits per heavy atom. The molecule has 0 fully saturated rings. The average molecular weight is 321 g/mol. The smallest absolute Gasteiger partial charge is 0.220 e. The van der Waals surface area contributed by atoms with Gasteiger partial charge in [-0.2, -0.15) is 0 Å². The maximum Gasteiger partial charge on any atom is 0.220 e.